The Hall–Kier alpha value is -3.96. The van der Waals surface area contributed by atoms with Crippen LogP contribution in [-0.2, 0) is 17.9 Å². The number of alkyl halides is 3. The van der Waals surface area contributed by atoms with E-state index in [4.69, 9.17) is 11.6 Å². The Bertz CT molecular complexity index is 1590. The number of hydrogen-bond acceptors (Lipinski definition) is 6. The van der Waals surface area contributed by atoms with Crippen molar-refractivity contribution in [3.63, 3.8) is 0 Å². The van der Waals surface area contributed by atoms with Crippen LogP contribution in [0.4, 0.5) is 13.2 Å². The molecule has 2 aromatic carbocycles. The van der Waals surface area contributed by atoms with E-state index in [2.05, 4.69) is 25.3 Å². The van der Waals surface area contributed by atoms with Crippen molar-refractivity contribution in [1.29, 1.82) is 0 Å². The number of nitrogens with zero attached hydrogens (tertiary/aromatic N) is 3. The van der Waals surface area contributed by atoms with Gasteiger partial charge in [0.05, 0.1) is 5.39 Å². The molecule has 8 nitrogen and oxygen atoms in total. The highest BCUT2D eigenvalue weighted by atomic mass is 35.5. The molecule has 0 aliphatic rings. The highest BCUT2D eigenvalue weighted by molar-refractivity contribution is 6.30. The second-order valence-electron chi connectivity index (χ2n) is 9.10. The van der Waals surface area contributed by atoms with Gasteiger partial charge in [0.1, 0.15) is 18.1 Å². The number of rotatable bonds is 8. The molecule has 0 atom stereocenters. The highest BCUT2D eigenvalue weighted by Crippen LogP contribution is 2.31. The van der Waals surface area contributed by atoms with Gasteiger partial charge in [0.15, 0.2) is 5.65 Å². The Morgan fingerprint density at radius 2 is 1.87 bits per heavy atom. The van der Waals surface area contributed by atoms with E-state index in [1.165, 1.54) is 29.0 Å². The van der Waals surface area contributed by atoms with Crippen molar-refractivity contribution < 1.29 is 22.7 Å². The standard InChI is InChI=1S/C27H25ClF3N5O3/c1-15(2)34-23(37)14-36-25(17-5-4-6-20(28)9-17)35-24-22(26(36)38)11-19(13-33-24)18-7-16(12-32-3)8-21(10-18)39-27(29,30)31/h4-11,13,15,32H,12,14H2,1-3H3,(H,34,37). The number of benzene rings is 2. The van der Waals surface area contributed by atoms with Gasteiger partial charge in [0, 0.05) is 34.9 Å². The monoisotopic (exact) mass is 559 g/mol. The molecule has 0 unspecified atom stereocenters. The van der Waals surface area contributed by atoms with Crippen LogP contribution in [0.2, 0.25) is 5.02 Å². The number of aromatic nitrogens is 3. The lowest BCUT2D eigenvalue weighted by Crippen LogP contribution is -2.37. The summed E-state index contributed by atoms with van der Waals surface area (Å²) in [4.78, 5) is 35.3. The minimum Gasteiger partial charge on any atom is -0.406 e. The maximum absolute atomic E-state index is 13.7. The Morgan fingerprint density at radius 1 is 1.10 bits per heavy atom. The van der Waals surface area contributed by atoms with Gasteiger partial charge in [-0.3, -0.25) is 14.2 Å². The largest absolute Gasteiger partial charge is 0.573 e. The second kappa shape index (κ2) is 11.4. The van der Waals surface area contributed by atoms with Crippen molar-refractivity contribution in [3.8, 4) is 28.3 Å². The van der Waals surface area contributed by atoms with Crippen LogP contribution in [0.5, 0.6) is 5.75 Å². The number of halogens is 4. The van der Waals surface area contributed by atoms with Crippen LogP contribution in [0.15, 0.2) is 59.5 Å². The third kappa shape index (κ3) is 6.92. The molecular weight excluding hydrogens is 535 g/mol. The number of amides is 1. The molecule has 0 spiro atoms. The number of carbonyl (C=O) groups is 1. The van der Waals surface area contributed by atoms with Crippen LogP contribution in [0.25, 0.3) is 33.5 Å². The van der Waals surface area contributed by atoms with Gasteiger partial charge in [-0.15, -0.1) is 13.2 Å². The number of hydrogen-bond donors (Lipinski definition) is 2. The summed E-state index contributed by atoms with van der Waals surface area (Å²) < 4.78 is 44.2. The van der Waals surface area contributed by atoms with Crippen LogP contribution in [0, 0.1) is 0 Å². The topological polar surface area (TPSA) is 98.1 Å². The summed E-state index contributed by atoms with van der Waals surface area (Å²) in [7, 11) is 1.66. The Balaban J connectivity index is 1.89. The van der Waals surface area contributed by atoms with Gasteiger partial charge in [-0.1, -0.05) is 23.7 Å². The average molecular weight is 560 g/mol. The molecule has 2 N–H and O–H groups in total. The molecule has 0 bridgehead atoms. The number of nitrogens with one attached hydrogen (secondary N) is 2. The number of pyridine rings is 1. The molecule has 1 amide bonds. The van der Waals surface area contributed by atoms with Gasteiger partial charge in [-0.2, -0.15) is 0 Å². The molecule has 0 saturated carbocycles. The lowest BCUT2D eigenvalue weighted by Gasteiger charge is -2.16. The van der Waals surface area contributed by atoms with E-state index in [0.29, 0.717) is 27.3 Å². The summed E-state index contributed by atoms with van der Waals surface area (Å²) in [6.45, 7) is 3.57. The van der Waals surface area contributed by atoms with Crippen molar-refractivity contribution in [2.45, 2.75) is 39.3 Å². The maximum Gasteiger partial charge on any atom is 0.573 e. The van der Waals surface area contributed by atoms with E-state index in [1.807, 2.05) is 0 Å². The zero-order chi connectivity index (χ0) is 28.3. The smallest absolute Gasteiger partial charge is 0.406 e. The molecule has 0 radical (unpaired) electrons. The first kappa shape index (κ1) is 28.1. The fourth-order valence-corrected chi connectivity index (χ4v) is 4.29. The van der Waals surface area contributed by atoms with Crippen LogP contribution in [0.1, 0.15) is 19.4 Å². The summed E-state index contributed by atoms with van der Waals surface area (Å²) in [5.74, 6) is -0.595. The minimum atomic E-state index is -4.87. The van der Waals surface area contributed by atoms with E-state index in [0.717, 1.165) is 0 Å². The van der Waals surface area contributed by atoms with Crippen LogP contribution < -0.4 is 20.9 Å². The van der Waals surface area contributed by atoms with Crippen LogP contribution >= 0.6 is 11.6 Å². The van der Waals surface area contributed by atoms with Crippen LogP contribution in [0.3, 0.4) is 0 Å². The predicted octanol–water partition coefficient (Wildman–Crippen LogP) is 4.92. The van der Waals surface area contributed by atoms with Gasteiger partial charge in [-0.25, -0.2) is 9.97 Å². The predicted molar refractivity (Wildman–Crippen MR) is 142 cm³/mol. The summed E-state index contributed by atoms with van der Waals surface area (Å²) in [5, 5.41) is 6.16. The fourth-order valence-electron chi connectivity index (χ4n) is 4.10. The molecule has 204 valence electrons. The molecule has 0 aliphatic carbocycles. The first-order chi connectivity index (χ1) is 18.4. The van der Waals surface area contributed by atoms with Gasteiger partial charge in [-0.05, 0) is 68.4 Å². The molecule has 4 rings (SSSR count). The maximum atomic E-state index is 13.7. The minimum absolute atomic E-state index is 0.0907. The number of ether oxygens (including phenoxy) is 1. The zero-order valence-electron chi connectivity index (χ0n) is 21.3. The second-order valence-corrected chi connectivity index (χ2v) is 9.53. The summed E-state index contributed by atoms with van der Waals surface area (Å²) in [6.07, 6.45) is -3.45. The number of fused-ring (bicyclic) bond motifs is 1. The summed E-state index contributed by atoms with van der Waals surface area (Å²) in [5.41, 5.74) is 1.35. The van der Waals surface area contributed by atoms with Gasteiger partial charge >= 0.3 is 6.36 Å². The van der Waals surface area contributed by atoms with Gasteiger partial charge in [0.25, 0.3) is 5.56 Å². The Kier molecular flexibility index (Phi) is 8.22. The molecule has 0 aliphatic heterocycles. The molecular formula is C27H25ClF3N5O3. The quantitative estimate of drug-likeness (QED) is 0.318. The Labute approximate surface area is 226 Å². The lowest BCUT2D eigenvalue weighted by atomic mass is 10.0. The van der Waals surface area contributed by atoms with Crippen molar-refractivity contribution in [3.05, 3.63) is 75.7 Å². The summed E-state index contributed by atoms with van der Waals surface area (Å²) >= 11 is 6.16. The Morgan fingerprint density at radius 3 is 2.54 bits per heavy atom. The normalized spacial score (nSPS) is 11.7. The highest BCUT2D eigenvalue weighted by Gasteiger charge is 2.31. The van der Waals surface area contributed by atoms with Crippen molar-refractivity contribution in [1.82, 2.24) is 25.2 Å². The van der Waals surface area contributed by atoms with Crippen LogP contribution in [-0.4, -0.2) is 39.9 Å². The van der Waals surface area contributed by atoms with Gasteiger partial charge in [0.2, 0.25) is 5.91 Å². The molecule has 39 heavy (non-hydrogen) atoms. The van der Waals surface area contributed by atoms with E-state index >= 15 is 0 Å². The molecule has 4 aromatic rings. The average Bonchev–Trinajstić information content (AvgIpc) is 2.84. The van der Waals surface area contributed by atoms with Gasteiger partial charge < -0.3 is 15.4 Å². The first-order valence-corrected chi connectivity index (χ1v) is 12.3. The molecule has 12 heteroatoms. The van der Waals surface area contributed by atoms with Crippen molar-refractivity contribution in [2.24, 2.45) is 0 Å². The number of carbonyl (C=O) groups excluding carboxylic acids is 1. The van der Waals surface area contributed by atoms with Crippen molar-refractivity contribution in [2.75, 3.05) is 7.05 Å². The lowest BCUT2D eigenvalue weighted by molar-refractivity contribution is -0.274. The van der Waals surface area contributed by atoms with Crippen molar-refractivity contribution >= 4 is 28.5 Å². The third-order valence-electron chi connectivity index (χ3n) is 5.56. The zero-order valence-corrected chi connectivity index (χ0v) is 22.0. The fraction of sp³-hybridized carbons (Fsp3) is 0.259. The summed E-state index contributed by atoms with van der Waals surface area (Å²) in [6, 6.07) is 12.2. The van der Waals surface area contributed by atoms with E-state index in [1.54, 1.807) is 51.2 Å². The SMILES string of the molecule is CNCc1cc(OC(F)(F)F)cc(-c2cnc3nc(-c4cccc(Cl)c4)n(CC(=O)NC(C)C)c(=O)c3c2)c1. The van der Waals surface area contributed by atoms with E-state index in [-0.39, 0.29) is 36.0 Å². The first-order valence-electron chi connectivity index (χ1n) is 11.9. The van der Waals surface area contributed by atoms with E-state index < -0.39 is 23.6 Å². The third-order valence-corrected chi connectivity index (χ3v) is 5.79. The molecule has 2 aromatic heterocycles. The molecule has 2 heterocycles. The molecule has 0 saturated heterocycles. The molecule has 0 fully saturated rings. The van der Waals surface area contributed by atoms with E-state index in [9.17, 15) is 22.8 Å².